The van der Waals surface area contributed by atoms with E-state index in [9.17, 15) is 14.7 Å². The average molecular weight is 291 g/mol. The summed E-state index contributed by atoms with van der Waals surface area (Å²) >= 11 is 0. The van der Waals surface area contributed by atoms with Gasteiger partial charge in [0.25, 0.3) is 0 Å². The van der Waals surface area contributed by atoms with Crippen LogP contribution in [0.5, 0.6) is 0 Å². The van der Waals surface area contributed by atoms with Crippen LogP contribution >= 0.6 is 0 Å². The van der Waals surface area contributed by atoms with Crippen LogP contribution < -0.4 is 16.0 Å². The SMILES string of the molecule is O=C(NCCCNC1CC1)NC(C(=O)O)c1ccccc1. The van der Waals surface area contributed by atoms with E-state index < -0.39 is 18.0 Å². The summed E-state index contributed by atoms with van der Waals surface area (Å²) in [5.41, 5.74) is 0.551. The predicted molar refractivity (Wildman–Crippen MR) is 79.0 cm³/mol. The van der Waals surface area contributed by atoms with E-state index in [4.69, 9.17) is 0 Å². The summed E-state index contributed by atoms with van der Waals surface area (Å²) in [7, 11) is 0. The minimum atomic E-state index is -1.08. The van der Waals surface area contributed by atoms with Crippen LogP contribution in [0.2, 0.25) is 0 Å². The first-order chi connectivity index (χ1) is 10.2. The van der Waals surface area contributed by atoms with E-state index in [1.807, 2.05) is 0 Å². The number of benzene rings is 1. The molecule has 2 amide bonds. The molecule has 1 atom stereocenters. The van der Waals surface area contributed by atoms with E-state index >= 15 is 0 Å². The van der Waals surface area contributed by atoms with E-state index in [-0.39, 0.29) is 0 Å². The summed E-state index contributed by atoms with van der Waals surface area (Å²) in [6, 6.07) is 7.82. The molecule has 0 saturated heterocycles. The van der Waals surface area contributed by atoms with Crippen LogP contribution in [-0.4, -0.2) is 36.2 Å². The van der Waals surface area contributed by atoms with Crippen LogP contribution in [0, 0.1) is 0 Å². The summed E-state index contributed by atoms with van der Waals surface area (Å²) in [5, 5.41) is 17.7. The van der Waals surface area contributed by atoms with Crippen molar-refractivity contribution in [3.63, 3.8) is 0 Å². The molecule has 2 rings (SSSR count). The number of rotatable bonds is 8. The van der Waals surface area contributed by atoms with Crippen molar-refractivity contribution >= 4 is 12.0 Å². The van der Waals surface area contributed by atoms with Crippen LogP contribution in [0.25, 0.3) is 0 Å². The highest BCUT2D eigenvalue weighted by Crippen LogP contribution is 2.18. The average Bonchev–Trinajstić information content (AvgIpc) is 3.29. The van der Waals surface area contributed by atoms with Crippen LogP contribution in [0.3, 0.4) is 0 Å². The minimum absolute atomic E-state index is 0.460. The molecule has 6 heteroatoms. The van der Waals surface area contributed by atoms with Gasteiger partial charge in [-0.1, -0.05) is 30.3 Å². The zero-order valence-electron chi connectivity index (χ0n) is 11.8. The summed E-state index contributed by atoms with van der Waals surface area (Å²) < 4.78 is 0. The standard InChI is InChI=1S/C15H21N3O3/c19-14(20)13(11-5-2-1-3-6-11)18-15(21)17-10-4-9-16-12-7-8-12/h1-3,5-6,12-13,16H,4,7-10H2,(H,19,20)(H2,17,18,21). The maximum atomic E-state index is 11.7. The molecular weight excluding hydrogens is 270 g/mol. The van der Waals surface area contributed by atoms with Crippen molar-refractivity contribution in [3.05, 3.63) is 35.9 Å². The number of urea groups is 1. The lowest BCUT2D eigenvalue weighted by atomic mass is 10.1. The van der Waals surface area contributed by atoms with Gasteiger partial charge in [-0.3, -0.25) is 0 Å². The smallest absolute Gasteiger partial charge is 0.330 e. The number of hydrogen-bond acceptors (Lipinski definition) is 3. The van der Waals surface area contributed by atoms with Gasteiger partial charge in [0.1, 0.15) is 0 Å². The van der Waals surface area contributed by atoms with Gasteiger partial charge in [-0.15, -0.1) is 0 Å². The highest BCUT2D eigenvalue weighted by molar-refractivity contribution is 5.83. The fraction of sp³-hybridized carbons (Fsp3) is 0.467. The van der Waals surface area contributed by atoms with Gasteiger partial charge in [0.05, 0.1) is 0 Å². The predicted octanol–water partition coefficient (Wildman–Crippen LogP) is 1.25. The maximum Gasteiger partial charge on any atom is 0.330 e. The summed E-state index contributed by atoms with van der Waals surface area (Å²) in [6.07, 6.45) is 3.31. The molecule has 21 heavy (non-hydrogen) atoms. The molecule has 4 N–H and O–H groups in total. The highest BCUT2D eigenvalue weighted by Gasteiger charge is 2.22. The topological polar surface area (TPSA) is 90.5 Å². The number of carbonyl (C=O) groups is 2. The largest absolute Gasteiger partial charge is 0.479 e. The normalized spacial score (nSPS) is 15.2. The van der Waals surface area contributed by atoms with Gasteiger partial charge in [0, 0.05) is 12.6 Å². The van der Waals surface area contributed by atoms with Crippen molar-refractivity contribution in [1.82, 2.24) is 16.0 Å². The second kappa shape index (κ2) is 7.64. The Bertz CT molecular complexity index is 474. The molecule has 0 spiro atoms. The van der Waals surface area contributed by atoms with Crippen molar-refractivity contribution < 1.29 is 14.7 Å². The molecule has 1 saturated carbocycles. The van der Waals surface area contributed by atoms with Crippen molar-refractivity contribution in [2.24, 2.45) is 0 Å². The minimum Gasteiger partial charge on any atom is -0.479 e. The van der Waals surface area contributed by atoms with Gasteiger partial charge in [-0.2, -0.15) is 0 Å². The van der Waals surface area contributed by atoms with E-state index in [0.29, 0.717) is 18.2 Å². The molecule has 6 nitrogen and oxygen atoms in total. The number of carboxylic acid groups (broad SMARTS) is 1. The summed E-state index contributed by atoms with van der Waals surface area (Å²) in [6.45, 7) is 1.39. The van der Waals surface area contributed by atoms with E-state index in [1.54, 1.807) is 30.3 Å². The second-order valence-electron chi connectivity index (χ2n) is 5.16. The van der Waals surface area contributed by atoms with Crippen molar-refractivity contribution in [2.75, 3.05) is 13.1 Å². The van der Waals surface area contributed by atoms with E-state index in [1.165, 1.54) is 12.8 Å². The highest BCUT2D eigenvalue weighted by atomic mass is 16.4. The lowest BCUT2D eigenvalue weighted by Gasteiger charge is -2.15. The second-order valence-corrected chi connectivity index (χ2v) is 5.16. The molecule has 0 aliphatic heterocycles. The molecule has 0 bridgehead atoms. The Morgan fingerprint density at radius 3 is 2.52 bits per heavy atom. The number of hydrogen-bond donors (Lipinski definition) is 4. The number of nitrogens with one attached hydrogen (secondary N) is 3. The van der Waals surface area contributed by atoms with Gasteiger partial charge in [-0.25, -0.2) is 9.59 Å². The summed E-state index contributed by atoms with van der Waals surface area (Å²) in [5.74, 6) is -1.08. The molecule has 1 fully saturated rings. The first-order valence-corrected chi connectivity index (χ1v) is 7.22. The first-order valence-electron chi connectivity index (χ1n) is 7.22. The third-order valence-electron chi connectivity index (χ3n) is 3.30. The van der Waals surface area contributed by atoms with E-state index in [2.05, 4.69) is 16.0 Å². The lowest BCUT2D eigenvalue weighted by Crippen LogP contribution is -2.41. The Labute approximate surface area is 123 Å². The Balaban J connectivity index is 1.71. The number of amides is 2. The van der Waals surface area contributed by atoms with Gasteiger partial charge in [0.2, 0.25) is 0 Å². The molecule has 0 heterocycles. The number of carbonyl (C=O) groups excluding carboxylic acids is 1. The monoisotopic (exact) mass is 291 g/mol. The molecular formula is C15H21N3O3. The third kappa shape index (κ3) is 5.43. The first kappa shape index (κ1) is 15.3. The Morgan fingerprint density at radius 2 is 1.90 bits per heavy atom. The van der Waals surface area contributed by atoms with Crippen LogP contribution in [0.4, 0.5) is 4.79 Å². The zero-order chi connectivity index (χ0) is 15.1. The van der Waals surface area contributed by atoms with Crippen molar-refractivity contribution in [1.29, 1.82) is 0 Å². The van der Waals surface area contributed by atoms with Gasteiger partial charge in [-0.05, 0) is 31.4 Å². The van der Waals surface area contributed by atoms with Crippen LogP contribution in [0.15, 0.2) is 30.3 Å². The number of aliphatic carboxylic acids is 1. The van der Waals surface area contributed by atoms with Gasteiger partial charge in [0.15, 0.2) is 6.04 Å². The Hall–Kier alpha value is -2.08. The van der Waals surface area contributed by atoms with Gasteiger partial charge < -0.3 is 21.1 Å². The fourth-order valence-electron chi connectivity index (χ4n) is 2.00. The third-order valence-corrected chi connectivity index (χ3v) is 3.30. The van der Waals surface area contributed by atoms with Crippen LogP contribution in [-0.2, 0) is 4.79 Å². The Morgan fingerprint density at radius 1 is 1.19 bits per heavy atom. The molecule has 1 aromatic carbocycles. The molecule has 0 aromatic heterocycles. The van der Waals surface area contributed by atoms with Crippen molar-refractivity contribution in [2.45, 2.75) is 31.3 Å². The number of carboxylic acids is 1. The fourth-order valence-corrected chi connectivity index (χ4v) is 2.00. The molecule has 114 valence electrons. The lowest BCUT2D eigenvalue weighted by molar-refractivity contribution is -0.139. The quantitative estimate of drug-likeness (QED) is 0.543. The van der Waals surface area contributed by atoms with E-state index in [0.717, 1.165) is 13.0 Å². The molecule has 1 aromatic rings. The molecule has 1 aliphatic carbocycles. The molecule has 0 radical (unpaired) electrons. The zero-order valence-corrected chi connectivity index (χ0v) is 11.8. The molecule has 1 unspecified atom stereocenters. The Kier molecular flexibility index (Phi) is 5.57. The maximum absolute atomic E-state index is 11.7. The summed E-state index contributed by atoms with van der Waals surface area (Å²) in [4.78, 5) is 23.0. The van der Waals surface area contributed by atoms with Crippen LogP contribution in [0.1, 0.15) is 30.9 Å². The van der Waals surface area contributed by atoms with Gasteiger partial charge >= 0.3 is 12.0 Å². The van der Waals surface area contributed by atoms with Crippen molar-refractivity contribution in [3.8, 4) is 0 Å². The molecule has 1 aliphatic rings.